The van der Waals surface area contributed by atoms with Gasteiger partial charge in [0.1, 0.15) is 6.04 Å². The second-order valence-electron chi connectivity index (χ2n) is 4.36. The number of nitrogens with zero attached hydrogens (tertiary/aromatic N) is 2. The zero-order valence-corrected chi connectivity index (χ0v) is 12.2. The van der Waals surface area contributed by atoms with Gasteiger partial charge in [0.2, 0.25) is 0 Å². The van der Waals surface area contributed by atoms with E-state index >= 15 is 0 Å². The van der Waals surface area contributed by atoms with E-state index in [9.17, 15) is 9.59 Å². The van der Waals surface area contributed by atoms with Crippen LogP contribution < -0.4 is 0 Å². The third-order valence-electron chi connectivity index (χ3n) is 3.01. The smallest absolute Gasteiger partial charge is 0.327 e. The van der Waals surface area contributed by atoms with Crippen molar-refractivity contribution in [2.24, 2.45) is 0 Å². The van der Waals surface area contributed by atoms with Crippen LogP contribution in [0.2, 0.25) is 0 Å². The molecule has 0 aromatic carbocycles. The molecule has 1 N–H and O–H groups in total. The quantitative estimate of drug-likeness (QED) is 0.921. The maximum Gasteiger partial charge on any atom is 0.327 e. The molecule has 1 unspecified atom stereocenters. The summed E-state index contributed by atoms with van der Waals surface area (Å²) >= 11 is 3.14. The summed E-state index contributed by atoms with van der Waals surface area (Å²) in [5, 5.41) is 11.1. The van der Waals surface area contributed by atoms with E-state index in [-0.39, 0.29) is 6.03 Å². The normalized spacial score (nSPS) is 18.6. The van der Waals surface area contributed by atoms with Gasteiger partial charge in [0, 0.05) is 24.2 Å². The number of hydrogen-bond acceptors (Lipinski definition) is 4. The molecule has 0 bridgehead atoms. The molecule has 0 spiro atoms. The molecular weight excluding hydrogens is 284 g/mol. The number of carboxylic acid groups (broad SMARTS) is 1. The zero-order valence-electron chi connectivity index (χ0n) is 10.6. The third kappa shape index (κ3) is 3.42. The van der Waals surface area contributed by atoms with E-state index in [0.29, 0.717) is 18.2 Å². The summed E-state index contributed by atoms with van der Waals surface area (Å²) in [6.07, 6.45) is 0.804. The number of amides is 2. The van der Waals surface area contributed by atoms with E-state index < -0.39 is 12.0 Å². The maximum absolute atomic E-state index is 12.2. The molecule has 7 heteroatoms. The van der Waals surface area contributed by atoms with Crippen molar-refractivity contribution in [1.29, 1.82) is 0 Å². The average Bonchev–Trinajstić information content (AvgIpc) is 3.05. The fourth-order valence-corrected chi connectivity index (χ4v) is 3.72. The number of urea groups is 1. The molecule has 1 aromatic heterocycles. The van der Waals surface area contributed by atoms with Crippen LogP contribution in [0, 0.1) is 0 Å². The first-order valence-electron chi connectivity index (χ1n) is 5.94. The van der Waals surface area contributed by atoms with Crippen LogP contribution in [0.25, 0.3) is 0 Å². The lowest BCUT2D eigenvalue weighted by Gasteiger charge is -2.26. The number of thioether (sulfide) groups is 1. The Hall–Kier alpha value is -1.21. The van der Waals surface area contributed by atoms with Crippen molar-refractivity contribution in [3.05, 3.63) is 22.4 Å². The van der Waals surface area contributed by atoms with Crippen molar-refractivity contribution in [2.75, 3.05) is 25.2 Å². The Bertz CT molecular complexity index is 450. The third-order valence-corrected chi connectivity index (χ3v) is 4.96. The summed E-state index contributed by atoms with van der Waals surface area (Å²) in [6.45, 7) is 0.604. The van der Waals surface area contributed by atoms with Crippen LogP contribution >= 0.6 is 23.1 Å². The van der Waals surface area contributed by atoms with E-state index in [0.717, 1.165) is 6.42 Å². The molecule has 104 valence electrons. The van der Waals surface area contributed by atoms with Crippen molar-refractivity contribution in [2.45, 2.75) is 12.5 Å². The first-order chi connectivity index (χ1) is 9.09. The number of carboxylic acids is 1. The largest absolute Gasteiger partial charge is 0.480 e. The Labute approximate surface area is 120 Å². The van der Waals surface area contributed by atoms with Gasteiger partial charge in [-0.3, -0.25) is 0 Å². The summed E-state index contributed by atoms with van der Waals surface area (Å²) in [5.74, 6) is 0.00362. The van der Waals surface area contributed by atoms with Gasteiger partial charge in [0.15, 0.2) is 0 Å². The number of aliphatic carboxylic acids is 1. The van der Waals surface area contributed by atoms with Crippen molar-refractivity contribution in [3.8, 4) is 0 Å². The molecule has 2 heterocycles. The SMILES string of the molecule is CN(CCc1cccs1)C(=O)N1CSCC1C(=O)O. The second kappa shape index (κ2) is 6.29. The lowest BCUT2D eigenvalue weighted by molar-refractivity contribution is -0.140. The molecule has 1 fully saturated rings. The molecule has 0 saturated carbocycles. The highest BCUT2D eigenvalue weighted by atomic mass is 32.2. The van der Waals surface area contributed by atoms with Crippen LogP contribution in [0.1, 0.15) is 4.88 Å². The van der Waals surface area contributed by atoms with Crippen LogP contribution in [0.4, 0.5) is 4.79 Å². The monoisotopic (exact) mass is 300 g/mol. The molecule has 0 aliphatic carbocycles. The minimum absolute atomic E-state index is 0.200. The number of carbonyl (C=O) groups is 2. The molecule has 1 aromatic rings. The highest BCUT2D eigenvalue weighted by molar-refractivity contribution is 7.99. The fourth-order valence-electron chi connectivity index (χ4n) is 1.88. The van der Waals surface area contributed by atoms with Gasteiger partial charge >= 0.3 is 12.0 Å². The predicted molar refractivity (Wildman–Crippen MR) is 76.6 cm³/mol. The Balaban J connectivity index is 1.89. The zero-order chi connectivity index (χ0) is 13.8. The minimum Gasteiger partial charge on any atom is -0.480 e. The molecule has 1 aliphatic heterocycles. The number of carbonyl (C=O) groups excluding carboxylic acids is 1. The molecule has 2 amide bonds. The average molecular weight is 300 g/mol. The van der Waals surface area contributed by atoms with Crippen LogP contribution in [0.3, 0.4) is 0 Å². The maximum atomic E-state index is 12.2. The van der Waals surface area contributed by atoms with E-state index in [1.54, 1.807) is 23.3 Å². The van der Waals surface area contributed by atoms with Crippen LogP contribution in [0.15, 0.2) is 17.5 Å². The summed E-state index contributed by atoms with van der Waals surface area (Å²) in [7, 11) is 1.72. The molecule has 2 rings (SSSR count). The van der Waals surface area contributed by atoms with E-state index in [4.69, 9.17) is 5.11 Å². The van der Waals surface area contributed by atoms with E-state index in [2.05, 4.69) is 0 Å². The number of hydrogen-bond donors (Lipinski definition) is 1. The minimum atomic E-state index is -0.926. The first kappa shape index (κ1) is 14.2. The Morgan fingerprint density at radius 1 is 1.58 bits per heavy atom. The van der Waals surface area contributed by atoms with Crippen molar-refractivity contribution >= 4 is 35.1 Å². The van der Waals surface area contributed by atoms with Gasteiger partial charge in [-0.2, -0.15) is 0 Å². The Morgan fingerprint density at radius 3 is 3.00 bits per heavy atom. The number of thiophene rings is 1. The van der Waals surface area contributed by atoms with Crippen molar-refractivity contribution < 1.29 is 14.7 Å². The molecule has 1 saturated heterocycles. The topological polar surface area (TPSA) is 60.9 Å². The Kier molecular flexibility index (Phi) is 4.71. The number of rotatable bonds is 4. The van der Waals surface area contributed by atoms with Crippen molar-refractivity contribution in [1.82, 2.24) is 9.80 Å². The highest BCUT2D eigenvalue weighted by Gasteiger charge is 2.35. The van der Waals surface area contributed by atoms with Gasteiger partial charge in [0.05, 0.1) is 5.88 Å². The fraction of sp³-hybridized carbons (Fsp3) is 0.500. The van der Waals surface area contributed by atoms with Gasteiger partial charge in [-0.15, -0.1) is 23.1 Å². The Morgan fingerprint density at radius 2 is 2.37 bits per heavy atom. The van der Waals surface area contributed by atoms with E-state index in [1.165, 1.54) is 21.5 Å². The van der Waals surface area contributed by atoms with Gasteiger partial charge in [-0.1, -0.05) is 6.07 Å². The molecule has 1 aliphatic rings. The van der Waals surface area contributed by atoms with Crippen LogP contribution in [-0.2, 0) is 11.2 Å². The standard InChI is InChI=1S/C12H16N2O3S2/c1-13(5-4-9-3-2-6-19-9)12(17)14-8-18-7-10(14)11(15)16/h2-3,6,10H,4-5,7-8H2,1H3,(H,15,16). The van der Waals surface area contributed by atoms with Crippen LogP contribution in [-0.4, -0.2) is 58.2 Å². The molecular formula is C12H16N2O3S2. The molecule has 1 atom stereocenters. The first-order valence-corrected chi connectivity index (χ1v) is 7.97. The van der Waals surface area contributed by atoms with Crippen LogP contribution in [0.5, 0.6) is 0 Å². The highest BCUT2D eigenvalue weighted by Crippen LogP contribution is 2.22. The summed E-state index contributed by atoms with van der Waals surface area (Å²) < 4.78 is 0. The van der Waals surface area contributed by atoms with Gasteiger partial charge in [-0.05, 0) is 17.9 Å². The van der Waals surface area contributed by atoms with Gasteiger partial charge in [0.25, 0.3) is 0 Å². The lowest BCUT2D eigenvalue weighted by Crippen LogP contribution is -2.47. The van der Waals surface area contributed by atoms with E-state index in [1.807, 2.05) is 17.5 Å². The molecule has 0 radical (unpaired) electrons. The number of likely N-dealkylation sites (N-methyl/N-ethyl adjacent to an activating group) is 1. The summed E-state index contributed by atoms with van der Waals surface area (Å²) in [4.78, 5) is 27.5. The van der Waals surface area contributed by atoms with Crippen molar-refractivity contribution in [3.63, 3.8) is 0 Å². The second-order valence-corrected chi connectivity index (χ2v) is 6.39. The molecule has 5 nitrogen and oxygen atoms in total. The summed E-state index contributed by atoms with van der Waals surface area (Å²) in [6, 6.07) is 3.13. The van der Waals surface area contributed by atoms with Gasteiger partial charge in [-0.25, -0.2) is 9.59 Å². The lowest BCUT2D eigenvalue weighted by atomic mass is 10.3. The molecule has 19 heavy (non-hydrogen) atoms. The predicted octanol–water partition coefficient (Wildman–Crippen LogP) is 1.80. The summed E-state index contributed by atoms with van der Waals surface area (Å²) in [5.41, 5.74) is 0. The van der Waals surface area contributed by atoms with Gasteiger partial charge < -0.3 is 14.9 Å².